The first kappa shape index (κ1) is 19.3. The third kappa shape index (κ3) is 5.28. The van der Waals surface area contributed by atoms with Gasteiger partial charge in [-0.1, -0.05) is 17.7 Å². The summed E-state index contributed by atoms with van der Waals surface area (Å²) in [5, 5.41) is 6.49. The summed E-state index contributed by atoms with van der Waals surface area (Å²) < 4.78 is 18.7. The summed E-state index contributed by atoms with van der Waals surface area (Å²) >= 11 is 6.17. The highest BCUT2D eigenvalue weighted by molar-refractivity contribution is 6.31. The number of anilines is 1. The van der Waals surface area contributed by atoms with Gasteiger partial charge in [-0.05, 0) is 61.7 Å². The second kappa shape index (κ2) is 8.97. The average Bonchev–Trinajstić information content (AvgIpc) is 3.17. The monoisotopic (exact) mass is 389 g/mol. The number of halogens is 2. The van der Waals surface area contributed by atoms with Gasteiger partial charge in [-0.2, -0.15) is 0 Å². The Morgan fingerprint density at radius 3 is 2.78 bits per heavy atom. The summed E-state index contributed by atoms with van der Waals surface area (Å²) in [7, 11) is 0. The molecule has 2 aromatic rings. The number of nitrogens with one attached hydrogen (secondary N) is 2. The fourth-order valence-corrected chi connectivity index (χ4v) is 2.92. The molecule has 0 spiro atoms. The predicted molar refractivity (Wildman–Crippen MR) is 105 cm³/mol. The maximum Gasteiger partial charge on any atom is 0.257 e. The van der Waals surface area contributed by atoms with Crippen molar-refractivity contribution in [1.82, 2.24) is 5.32 Å². The lowest BCUT2D eigenvalue weighted by Gasteiger charge is -2.15. The number of hydrogen-bond acceptors (Lipinski definition) is 3. The molecule has 1 atom stereocenters. The van der Waals surface area contributed by atoms with E-state index < -0.39 is 5.82 Å². The SMILES string of the molecule is Cc1c(Cl)cccc1NC(=NC[C@H]1CCCO1)NC(=O)c1ccc(F)cc1. The first-order valence-corrected chi connectivity index (χ1v) is 9.16. The van der Waals surface area contributed by atoms with E-state index in [9.17, 15) is 9.18 Å². The van der Waals surface area contributed by atoms with Crippen molar-refractivity contribution in [3.63, 3.8) is 0 Å². The van der Waals surface area contributed by atoms with Gasteiger partial charge < -0.3 is 10.1 Å². The Bertz CT molecular complexity index is 834. The van der Waals surface area contributed by atoms with E-state index in [1.807, 2.05) is 19.1 Å². The van der Waals surface area contributed by atoms with Gasteiger partial charge in [-0.25, -0.2) is 9.38 Å². The van der Waals surface area contributed by atoms with Crippen molar-refractivity contribution in [2.24, 2.45) is 4.99 Å². The largest absolute Gasteiger partial charge is 0.376 e. The van der Waals surface area contributed by atoms with Gasteiger partial charge in [-0.15, -0.1) is 0 Å². The zero-order valence-corrected chi connectivity index (χ0v) is 15.7. The van der Waals surface area contributed by atoms with Crippen molar-refractivity contribution in [3.8, 4) is 0 Å². The van der Waals surface area contributed by atoms with Crippen molar-refractivity contribution >= 4 is 29.2 Å². The van der Waals surface area contributed by atoms with E-state index in [0.717, 1.165) is 30.7 Å². The van der Waals surface area contributed by atoms with Crippen LogP contribution in [0.3, 0.4) is 0 Å². The maximum absolute atomic E-state index is 13.1. The topological polar surface area (TPSA) is 62.7 Å². The van der Waals surface area contributed by atoms with E-state index in [0.29, 0.717) is 23.1 Å². The van der Waals surface area contributed by atoms with Crippen molar-refractivity contribution in [3.05, 3.63) is 64.4 Å². The average molecular weight is 390 g/mol. The lowest BCUT2D eigenvalue weighted by atomic mass is 10.2. The molecule has 1 fully saturated rings. The molecule has 1 amide bonds. The minimum Gasteiger partial charge on any atom is -0.376 e. The van der Waals surface area contributed by atoms with Crippen LogP contribution in [0.1, 0.15) is 28.8 Å². The molecule has 0 aliphatic carbocycles. The van der Waals surface area contributed by atoms with Crippen LogP contribution in [0.2, 0.25) is 5.02 Å². The van der Waals surface area contributed by atoms with E-state index in [4.69, 9.17) is 16.3 Å². The van der Waals surface area contributed by atoms with Gasteiger partial charge in [-0.3, -0.25) is 10.1 Å². The van der Waals surface area contributed by atoms with E-state index in [1.54, 1.807) is 6.07 Å². The van der Waals surface area contributed by atoms with Gasteiger partial charge in [0.05, 0.1) is 12.6 Å². The summed E-state index contributed by atoms with van der Waals surface area (Å²) in [4.78, 5) is 17.0. The molecule has 7 heteroatoms. The molecule has 0 aromatic heterocycles. The predicted octanol–water partition coefficient (Wildman–Crippen LogP) is 4.16. The molecule has 1 aliphatic heterocycles. The van der Waals surface area contributed by atoms with Crippen LogP contribution in [-0.4, -0.2) is 31.1 Å². The second-order valence-electron chi connectivity index (χ2n) is 6.32. The summed E-state index contributed by atoms with van der Waals surface area (Å²) in [5.41, 5.74) is 1.93. The van der Waals surface area contributed by atoms with Gasteiger partial charge in [0.15, 0.2) is 0 Å². The number of hydrogen-bond donors (Lipinski definition) is 2. The number of aliphatic imine (C=N–C) groups is 1. The minimum atomic E-state index is -0.397. The molecule has 0 unspecified atom stereocenters. The van der Waals surface area contributed by atoms with Crippen molar-refractivity contribution in [2.45, 2.75) is 25.9 Å². The Morgan fingerprint density at radius 2 is 2.07 bits per heavy atom. The van der Waals surface area contributed by atoms with Gasteiger partial charge in [0.2, 0.25) is 5.96 Å². The molecule has 0 saturated carbocycles. The Labute approximate surface area is 162 Å². The molecule has 1 heterocycles. The molecular weight excluding hydrogens is 369 g/mol. The number of amides is 1. The number of ether oxygens (including phenoxy) is 1. The van der Waals surface area contributed by atoms with E-state index in [1.165, 1.54) is 24.3 Å². The number of nitrogens with zero attached hydrogens (tertiary/aromatic N) is 1. The first-order chi connectivity index (χ1) is 13.0. The van der Waals surface area contributed by atoms with Crippen LogP contribution in [0.5, 0.6) is 0 Å². The summed E-state index contributed by atoms with van der Waals surface area (Å²) in [6.45, 7) is 3.05. The molecule has 0 radical (unpaired) electrons. The highest BCUT2D eigenvalue weighted by atomic mass is 35.5. The number of benzene rings is 2. The zero-order valence-electron chi connectivity index (χ0n) is 15.0. The van der Waals surface area contributed by atoms with Gasteiger partial charge in [0.25, 0.3) is 5.91 Å². The van der Waals surface area contributed by atoms with Crippen LogP contribution in [-0.2, 0) is 4.74 Å². The third-order valence-corrected chi connectivity index (χ3v) is 4.75. The van der Waals surface area contributed by atoms with Crippen molar-refractivity contribution in [1.29, 1.82) is 0 Å². The highest BCUT2D eigenvalue weighted by Gasteiger charge is 2.16. The number of carbonyl (C=O) groups excluding carboxylic acids is 1. The highest BCUT2D eigenvalue weighted by Crippen LogP contribution is 2.23. The van der Waals surface area contributed by atoms with Crippen LogP contribution in [0.4, 0.5) is 10.1 Å². The van der Waals surface area contributed by atoms with Crippen LogP contribution in [0.15, 0.2) is 47.5 Å². The molecule has 2 N–H and O–H groups in total. The van der Waals surface area contributed by atoms with Crippen LogP contribution in [0.25, 0.3) is 0 Å². The molecule has 142 valence electrons. The summed E-state index contributed by atoms with van der Waals surface area (Å²) in [6.07, 6.45) is 2.00. The minimum absolute atomic E-state index is 0.0463. The van der Waals surface area contributed by atoms with Crippen LogP contribution in [0, 0.1) is 12.7 Å². The second-order valence-corrected chi connectivity index (χ2v) is 6.73. The van der Waals surface area contributed by atoms with Crippen LogP contribution < -0.4 is 10.6 Å². The number of rotatable bonds is 4. The molecule has 5 nitrogen and oxygen atoms in total. The molecule has 2 aromatic carbocycles. The van der Waals surface area contributed by atoms with Gasteiger partial charge in [0, 0.05) is 22.9 Å². The zero-order chi connectivity index (χ0) is 19.2. The fraction of sp³-hybridized carbons (Fsp3) is 0.300. The van der Waals surface area contributed by atoms with E-state index in [-0.39, 0.29) is 12.0 Å². The van der Waals surface area contributed by atoms with Gasteiger partial charge in [0.1, 0.15) is 5.82 Å². The Balaban J connectivity index is 1.78. The van der Waals surface area contributed by atoms with Crippen LogP contribution >= 0.6 is 11.6 Å². The molecule has 0 bridgehead atoms. The molecule has 1 aliphatic rings. The maximum atomic E-state index is 13.1. The molecule has 27 heavy (non-hydrogen) atoms. The Morgan fingerprint density at radius 1 is 1.30 bits per heavy atom. The Kier molecular flexibility index (Phi) is 6.42. The fourth-order valence-electron chi connectivity index (χ4n) is 2.74. The molecule has 3 rings (SSSR count). The lowest BCUT2D eigenvalue weighted by molar-refractivity contribution is 0.0975. The number of carbonyl (C=O) groups is 1. The molecule has 1 saturated heterocycles. The normalized spacial score (nSPS) is 17.0. The summed E-state index contributed by atoms with van der Waals surface area (Å²) in [6, 6.07) is 10.8. The standard InChI is InChI=1S/C20H21ClFN3O2/c1-13-17(21)5-2-6-18(13)24-20(23-12-16-4-3-11-27-16)25-19(26)14-7-9-15(22)10-8-14/h2,5-10,16H,3-4,11-12H2,1H3,(H2,23,24,25,26)/t16-/m1/s1. The molecular formula is C20H21ClFN3O2. The third-order valence-electron chi connectivity index (χ3n) is 4.34. The van der Waals surface area contributed by atoms with E-state index in [2.05, 4.69) is 15.6 Å². The summed E-state index contributed by atoms with van der Waals surface area (Å²) in [5.74, 6) is -0.482. The quantitative estimate of drug-likeness (QED) is 0.609. The number of guanidine groups is 1. The van der Waals surface area contributed by atoms with Crippen molar-refractivity contribution < 1.29 is 13.9 Å². The lowest BCUT2D eigenvalue weighted by Crippen LogP contribution is -2.37. The Hall–Kier alpha value is -2.44. The van der Waals surface area contributed by atoms with Gasteiger partial charge >= 0.3 is 0 Å². The smallest absolute Gasteiger partial charge is 0.257 e. The first-order valence-electron chi connectivity index (χ1n) is 8.78. The van der Waals surface area contributed by atoms with E-state index >= 15 is 0 Å². The van der Waals surface area contributed by atoms with Crippen molar-refractivity contribution in [2.75, 3.05) is 18.5 Å².